The number of sulfonamides is 1. The van der Waals surface area contributed by atoms with Crippen LogP contribution in [0.2, 0.25) is 5.02 Å². The summed E-state index contributed by atoms with van der Waals surface area (Å²) in [6, 6.07) is 15.4. The second kappa shape index (κ2) is 8.68. The highest BCUT2D eigenvalue weighted by Crippen LogP contribution is 2.25. The van der Waals surface area contributed by atoms with Crippen LogP contribution in [0, 0.1) is 0 Å². The number of ether oxygens (including phenoxy) is 1. The van der Waals surface area contributed by atoms with Crippen molar-refractivity contribution >= 4 is 21.6 Å². The molecule has 0 aromatic heterocycles. The summed E-state index contributed by atoms with van der Waals surface area (Å²) in [7, 11) is -3.76. The fraction of sp³-hybridized carbons (Fsp3) is 0.368. The molecule has 0 aliphatic carbocycles. The van der Waals surface area contributed by atoms with E-state index in [-0.39, 0.29) is 19.8 Å². The first kappa shape index (κ1) is 20.3. The van der Waals surface area contributed by atoms with Gasteiger partial charge in [-0.2, -0.15) is 4.31 Å². The standard InChI is InChI=1S/C19H22ClNO5S/c20-16-8-4-7-15(9-16)10-21-17(19(23)18(22)13-27(21,24)25)12-26-11-14-5-2-1-3-6-14/h1-9,17-19,22-23H,10-13H2/t17-,18-,19-/m1/s1. The van der Waals surface area contributed by atoms with Gasteiger partial charge < -0.3 is 14.9 Å². The third-order valence-electron chi connectivity index (χ3n) is 4.52. The zero-order chi connectivity index (χ0) is 19.4. The summed E-state index contributed by atoms with van der Waals surface area (Å²) in [6.45, 7) is 0.296. The molecule has 2 N–H and O–H groups in total. The third-order valence-corrected chi connectivity index (χ3v) is 6.64. The molecule has 0 bridgehead atoms. The number of aliphatic hydroxyl groups excluding tert-OH is 2. The van der Waals surface area contributed by atoms with Gasteiger partial charge in [0.2, 0.25) is 10.0 Å². The van der Waals surface area contributed by atoms with Gasteiger partial charge >= 0.3 is 0 Å². The van der Waals surface area contributed by atoms with Crippen LogP contribution in [0.5, 0.6) is 0 Å². The summed E-state index contributed by atoms with van der Waals surface area (Å²) >= 11 is 5.99. The van der Waals surface area contributed by atoms with E-state index < -0.39 is 34.0 Å². The van der Waals surface area contributed by atoms with E-state index in [1.807, 2.05) is 30.3 Å². The van der Waals surface area contributed by atoms with E-state index in [4.69, 9.17) is 16.3 Å². The maximum Gasteiger partial charge on any atom is 0.217 e. The van der Waals surface area contributed by atoms with E-state index in [2.05, 4.69) is 0 Å². The summed E-state index contributed by atoms with van der Waals surface area (Å²) in [5, 5.41) is 20.9. The summed E-state index contributed by atoms with van der Waals surface area (Å²) in [5.41, 5.74) is 1.63. The molecule has 0 radical (unpaired) electrons. The number of aliphatic hydroxyl groups is 2. The fourth-order valence-electron chi connectivity index (χ4n) is 3.13. The molecule has 0 amide bonds. The molecule has 27 heavy (non-hydrogen) atoms. The van der Waals surface area contributed by atoms with E-state index in [1.54, 1.807) is 24.3 Å². The molecule has 146 valence electrons. The maximum atomic E-state index is 12.6. The Bertz CT molecular complexity index is 861. The van der Waals surface area contributed by atoms with Crippen molar-refractivity contribution < 1.29 is 23.4 Å². The van der Waals surface area contributed by atoms with Gasteiger partial charge in [0, 0.05) is 11.6 Å². The van der Waals surface area contributed by atoms with Gasteiger partial charge in [-0.05, 0) is 23.3 Å². The zero-order valence-electron chi connectivity index (χ0n) is 14.6. The van der Waals surface area contributed by atoms with Crippen LogP contribution in [0.4, 0.5) is 0 Å². The first-order valence-corrected chi connectivity index (χ1v) is 10.6. The smallest absolute Gasteiger partial charge is 0.217 e. The van der Waals surface area contributed by atoms with Crippen LogP contribution >= 0.6 is 11.6 Å². The van der Waals surface area contributed by atoms with Crippen molar-refractivity contribution in [1.82, 2.24) is 4.31 Å². The summed E-state index contributed by atoms with van der Waals surface area (Å²) in [5.74, 6) is -0.524. The molecule has 1 heterocycles. The molecule has 2 aromatic carbocycles. The molecular formula is C19H22ClNO5S. The Labute approximate surface area is 164 Å². The van der Waals surface area contributed by atoms with E-state index >= 15 is 0 Å². The lowest BCUT2D eigenvalue weighted by Gasteiger charge is -2.40. The normalized spacial score (nSPS) is 25.4. The highest BCUT2D eigenvalue weighted by molar-refractivity contribution is 7.89. The van der Waals surface area contributed by atoms with Gasteiger partial charge in [-0.1, -0.05) is 54.1 Å². The van der Waals surface area contributed by atoms with Crippen molar-refractivity contribution in [3.05, 3.63) is 70.7 Å². The first-order valence-electron chi connectivity index (χ1n) is 8.58. The fourth-order valence-corrected chi connectivity index (χ4v) is 5.10. The lowest BCUT2D eigenvalue weighted by Crippen LogP contribution is -2.60. The van der Waals surface area contributed by atoms with Gasteiger partial charge in [-0.25, -0.2) is 8.42 Å². The van der Waals surface area contributed by atoms with Gasteiger partial charge in [0.1, 0.15) is 0 Å². The van der Waals surface area contributed by atoms with Crippen molar-refractivity contribution in [2.45, 2.75) is 31.4 Å². The zero-order valence-corrected chi connectivity index (χ0v) is 16.2. The van der Waals surface area contributed by atoms with E-state index in [9.17, 15) is 18.6 Å². The van der Waals surface area contributed by atoms with E-state index in [0.29, 0.717) is 10.6 Å². The van der Waals surface area contributed by atoms with Crippen LogP contribution in [0.1, 0.15) is 11.1 Å². The summed E-state index contributed by atoms with van der Waals surface area (Å²) in [6.07, 6.45) is -2.58. The Morgan fingerprint density at radius 3 is 2.48 bits per heavy atom. The summed E-state index contributed by atoms with van der Waals surface area (Å²) in [4.78, 5) is 0. The van der Waals surface area contributed by atoms with Gasteiger partial charge in [0.25, 0.3) is 0 Å². The van der Waals surface area contributed by atoms with Crippen LogP contribution in [-0.2, 0) is 27.9 Å². The van der Waals surface area contributed by atoms with Crippen LogP contribution in [0.15, 0.2) is 54.6 Å². The average molecular weight is 412 g/mol. The predicted molar refractivity (Wildman–Crippen MR) is 103 cm³/mol. The Balaban J connectivity index is 1.77. The van der Waals surface area contributed by atoms with Gasteiger partial charge in [0.05, 0.1) is 37.2 Å². The molecule has 0 unspecified atom stereocenters. The van der Waals surface area contributed by atoms with Crippen LogP contribution < -0.4 is 0 Å². The number of hydrogen-bond acceptors (Lipinski definition) is 5. The van der Waals surface area contributed by atoms with Gasteiger partial charge in [0.15, 0.2) is 0 Å². The monoisotopic (exact) mass is 411 g/mol. The number of nitrogens with zero attached hydrogens (tertiary/aromatic N) is 1. The third kappa shape index (κ3) is 5.07. The molecule has 3 atom stereocenters. The Hall–Kier alpha value is -1.48. The Morgan fingerprint density at radius 2 is 1.78 bits per heavy atom. The Morgan fingerprint density at radius 1 is 1.07 bits per heavy atom. The van der Waals surface area contributed by atoms with Crippen molar-refractivity contribution in [2.24, 2.45) is 0 Å². The lowest BCUT2D eigenvalue weighted by atomic mass is 10.1. The largest absolute Gasteiger partial charge is 0.389 e. The molecule has 1 aliphatic heterocycles. The minimum absolute atomic E-state index is 0.0348. The molecule has 1 aliphatic rings. The Kier molecular flexibility index (Phi) is 6.52. The van der Waals surface area contributed by atoms with Crippen molar-refractivity contribution in [1.29, 1.82) is 0 Å². The van der Waals surface area contributed by atoms with Crippen LogP contribution in [-0.4, -0.2) is 53.5 Å². The predicted octanol–water partition coefficient (Wildman–Crippen LogP) is 1.79. The number of benzene rings is 2. The van der Waals surface area contributed by atoms with Crippen LogP contribution in [0.3, 0.4) is 0 Å². The van der Waals surface area contributed by atoms with E-state index in [1.165, 1.54) is 4.31 Å². The first-order chi connectivity index (χ1) is 12.9. The van der Waals surface area contributed by atoms with Crippen molar-refractivity contribution in [3.8, 4) is 0 Å². The van der Waals surface area contributed by atoms with Crippen molar-refractivity contribution in [3.63, 3.8) is 0 Å². The number of rotatable bonds is 6. The molecule has 1 saturated heterocycles. The van der Waals surface area contributed by atoms with E-state index in [0.717, 1.165) is 5.56 Å². The molecular weight excluding hydrogens is 390 g/mol. The van der Waals surface area contributed by atoms with Gasteiger partial charge in [-0.15, -0.1) is 0 Å². The SMILES string of the molecule is O=S1(=O)C[C@@H](O)[C@H](O)[C@@H](COCc2ccccc2)N1Cc1cccc(Cl)c1. The average Bonchev–Trinajstić information content (AvgIpc) is 2.63. The maximum absolute atomic E-state index is 12.6. The molecule has 6 nitrogen and oxygen atoms in total. The highest BCUT2D eigenvalue weighted by atomic mass is 35.5. The molecule has 8 heteroatoms. The molecule has 0 saturated carbocycles. The quantitative estimate of drug-likeness (QED) is 0.756. The highest BCUT2D eigenvalue weighted by Gasteiger charge is 2.45. The molecule has 2 aromatic rings. The number of hydrogen-bond donors (Lipinski definition) is 2. The topological polar surface area (TPSA) is 87.1 Å². The number of halogens is 1. The van der Waals surface area contributed by atoms with Crippen molar-refractivity contribution in [2.75, 3.05) is 12.4 Å². The lowest BCUT2D eigenvalue weighted by molar-refractivity contribution is -0.0530. The molecule has 3 rings (SSSR count). The second-order valence-corrected chi connectivity index (χ2v) is 8.98. The molecule has 0 spiro atoms. The second-order valence-electron chi connectivity index (χ2n) is 6.58. The molecule has 1 fully saturated rings. The minimum atomic E-state index is -3.76. The summed E-state index contributed by atoms with van der Waals surface area (Å²) < 4.78 is 32.1. The van der Waals surface area contributed by atoms with Crippen LogP contribution in [0.25, 0.3) is 0 Å². The van der Waals surface area contributed by atoms with Gasteiger partial charge in [-0.3, -0.25) is 0 Å². The minimum Gasteiger partial charge on any atom is -0.389 e.